The van der Waals surface area contributed by atoms with Crippen molar-refractivity contribution >= 4 is 10.8 Å². The summed E-state index contributed by atoms with van der Waals surface area (Å²) in [6, 6.07) is 1.42. The highest BCUT2D eigenvalue weighted by atomic mass is 32.2. The molecule has 0 saturated carbocycles. The Morgan fingerprint density at radius 3 is 2.72 bits per heavy atom. The molecule has 2 aliphatic heterocycles. The molecule has 0 aromatic carbocycles. The van der Waals surface area contributed by atoms with Crippen LogP contribution in [0.3, 0.4) is 0 Å². The van der Waals surface area contributed by atoms with Gasteiger partial charge in [0.05, 0.1) is 0 Å². The van der Waals surface area contributed by atoms with E-state index >= 15 is 0 Å². The van der Waals surface area contributed by atoms with Crippen LogP contribution in [0, 0.1) is 5.92 Å². The molecule has 2 aliphatic rings. The maximum absolute atomic E-state index is 11.3. The molecular weight excluding hydrogens is 244 g/mol. The van der Waals surface area contributed by atoms with E-state index in [4.69, 9.17) is 0 Å². The highest BCUT2D eigenvalue weighted by Gasteiger charge is 2.35. The van der Waals surface area contributed by atoms with Crippen molar-refractivity contribution in [3.63, 3.8) is 0 Å². The van der Waals surface area contributed by atoms with Crippen molar-refractivity contribution in [2.75, 3.05) is 38.2 Å². The zero-order valence-electron chi connectivity index (χ0n) is 12.1. The molecule has 2 rings (SSSR count). The molecule has 2 saturated heterocycles. The van der Waals surface area contributed by atoms with Crippen LogP contribution in [0.15, 0.2) is 0 Å². The summed E-state index contributed by atoms with van der Waals surface area (Å²) in [5, 5.41) is 0. The number of piperazine rings is 1. The number of rotatable bonds is 4. The maximum atomic E-state index is 11.3. The molecule has 4 heteroatoms. The second-order valence-electron chi connectivity index (χ2n) is 6.23. The zero-order valence-corrected chi connectivity index (χ0v) is 12.9. The molecule has 2 fully saturated rings. The van der Waals surface area contributed by atoms with E-state index in [0.29, 0.717) is 12.0 Å². The zero-order chi connectivity index (χ0) is 13.1. The lowest BCUT2D eigenvalue weighted by atomic mass is 9.92. The Labute approximate surface area is 114 Å². The Bertz CT molecular complexity index is 296. The van der Waals surface area contributed by atoms with Gasteiger partial charge in [-0.05, 0) is 25.3 Å². The molecule has 0 spiro atoms. The first-order valence-electron chi connectivity index (χ1n) is 7.36. The Kier molecular flexibility index (Phi) is 5.22. The second kappa shape index (κ2) is 6.49. The van der Waals surface area contributed by atoms with Gasteiger partial charge in [0.25, 0.3) is 0 Å². The van der Waals surface area contributed by atoms with Crippen LogP contribution >= 0.6 is 0 Å². The van der Waals surface area contributed by atoms with E-state index in [1.54, 1.807) is 0 Å². The predicted octanol–water partition coefficient (Wildman–Crippen LogP) is 1.56. The first-order valence-corrected chi connectivity index (χ1v) is 9.08. The fourth-order valence-electron chi connectivity index (χ4n) is 3.40. The van der Waals surface area contributed by atoms with Crippen LogP contribution in [0.2, 0.25) is 0 Å². The predicted molar refractivity (Wildman–Crippen MR) is 78.3 cm³/mol. The SMILES string of the molecule is CC(C)C1CN2CCCCC2CN1CCS(C)=O. The molecule has 0 amide bonds. The van der Waals surface area contributed by atoms with E-state index in [2.05, 4.69) is 23.6 Å². The minimum Gasteiger partial charge on any atom is -0.298 e. The third kappa shape index (κ3) is 3.55. The normalized spacial score (nSPS) is 32.4. The number of nitrogens with zero attached hydrogens (tertiary/aromatic N) is 2. The van der Waals surface area contributed by atoms with E-state index in [-0.39, 0.29) is 0 Å². The van der Waals surface area contributed by atoms with Crippen LogP contribution in [0.25, 0.3) is 0 Å². The lowest BCUT2D eigenvalue weighted by Gasteiger charge is -2.49. The van der Waals surface area contributed by atoms with Gasteiger partial charge in [0, 0.05) is 54.5 Å². The minimum atomic E-state index is -0.660. The van der Waals surface area contributed by atoms with E-state index in [0.717, 1.165) is 18.3 Å². The Morgan fingerprint density at radius 2 is 2.06 bits per heavy atom. The molecule has 0 radical (unpaired) electrons. The van der Waals surface area contributed by atoms with Gasteiger partial charge >= 0.3 is 0 Å². The van der Waals surface area contributed by atoms with Gasteiger partial charge in [-0.1, -0.05) is 20.3 Å². The van der Waals surface area contributed by atoms with Gasteiger partial charge in [-0.25, -0.2) is 0 Å². The van der Waals surface area contributed by atoms with Crippen molar-refractivity contribution in [3.8, 4) is 0 Å². The van der Waals surface area contributed by atoms with Crippen LogP contribution in [0.5, 0.6) is 0 Å². The molecule has 3 unspecified atom stereocenters. The summed E-state index contributed by atoms with van der Waals surface area (Å²) >= 11 is 0. The van der Waals surface area contributed by atoms with Crippen molar-refractivity contribution in [2.24, 2.45) is 5.92 Å². The number of hydrogen-bond donors (Lipinski definition) is 0. The van der Waals surface area contributed by atoms with Crippen molar-refractivity contribution in [3.05, 3.63) is 0 Å². The third-order valence-corrected chi connectivity index (χ3v) is 5.28. The third-order valence-electron chi connectivity index (χ3n) is 4.52. The lowest BCUT2D eigenvalue weighted by Crippen LogP contribution is -2.61. The van der Waals surface area contributed by atoms with Crippen LogP contribution in [-0.2, 0) is 10.8 Å². The summed E-state index contributed by atoms with van der Waals surface area (Å²) in [7, 11) is -0.660. The molecule has 0 aromatic heterocycles. The molecule has 0 aliphatic carbocycles. The maximum Gasteiger partial charge on any atom is 0.0359 e. The summed E-state index contributed by atoms with van der Waals surface area (Å²) < 4.78 is 11.3. The van der Waals surface area contributed by atoms with E-state index in [1.807, 2.05) is 6.26 Å². The van der Waals surface area contributed by atoms with Crippen LogP contribution in [0.4, 0.5) is 0 Å². The molecule has 106 valence electrons. The standard InChI is InChI=1S/C14H28N2OS/c1-12(2)14-11-15-7-5-4-6-13(15)10-16(14)8-9-18(3)17/h12-14H,4-11H2,1-3H3. The van der Waals surface area contributed by atoms with Crippen molar-refractivity contribution in [2.45, 2.75) is 45.2 Å². The van der Waals surface area contributed by atoms with Gasteiger partial charge in [-0.2, -0.15) is 0 Å². The van der Waals surface area contributed by atoms with Gasteiger partial charge in [-0.3, -0.25) is 14.0 Å². The van der Waals surface area contributed by atoms with Crippen molar-refractivity contribution < 1.29 is 4.21 Å². The summed E-state index contributed by atoms with van der Waals surface area (Å²) in [6.07, 6.45) is 5.94. The molecule has 18 heavy (non-hydrogen) atoms. The lowest BCUT2D eigenvalue weighted by molar-refractivity contribution is -0.00406. The van der Waals surface area contributed by atoms with E-state index in [1.165, 1.54) is 38.9 Å². The topological polar surface area (TPSA) is 23.6 Å². The quantitative estimate of drug-likeness (QED) is 0.776. The summed E-state index contributed by atoms with van der Waals surface area (Å²) in [6.45, 7) is 9.37. The molecule has 2 heterocycles. The highest BCUT2D eigenvalue weighted by Crippen LogP contribution is 2.26. The number of fused-ring (bicyclic) bond motifs is 1. The van der Waals surface area contributed by atoms with Crippen LogP contribution in [0.1, 0.15) is 33.1 Å². The first kappa shape index (κ1) is 14.5. The van der Waals surface area contributed by atoms with Gasteiger partial charge < -0.3 is 0 Å². The molecule has 0 bridgehead atoms. The average molecular weight is 272 g/mol. The first-order chi connectivity index (χ1) is 8.58. The Morgan fingerprint density at radius 1 is 1.28 bits per heavy atom. The van der Waals surface area contributed by atoms with Crippen molar-refractivity contribution in [1.29, 1.82) is 0 Å². The van der Waals surface area contributed by atoms with Gasteiger partial charge in [0.1, 0.15) is 0 Å². The summed E-state index contributed by atoms with van der Waals surface area (Å²) in [5.74, 6) is 1.52. The smallest absolute Gasteiger partial charge is 0.0359 e. The Hall–Kier alpha value is 0.0700. The van der Waals surface area contributed by atoms with Crippen LogP contribution in [-0.4, -0.2) is 64.3 Å². The van der Waals surface area contributed by atoms with Gasteiger partial charge in [-0.15, -0.1) is 0 Å². The molecule has 0 aromatic rings. The fraction of sp³-hybridized carbons (Fsp3) is 1.00. The van der Waals surface area contributed by atoms with E-state index < -0.39 is 10.8 Å². The van der Waals surface area contributed by atoms with Crippen LogP contribution < -0.4 is 0 Å². The van der Waals surface area contributed by atoms with Crippen molar-refractivity contribution in [1.82, 2.24) is 9.80 Å². The van der Waals surface area contributed by atoms with Gasteiger partial charge in [0.15, 0.2) is 0 Å². The molecule has 3 atom stereocenters. The number of piperidine rings is 1. The Balaban J connectivity index is 1.98. The van der Waals surface area contributed by atoms with E-state index in [9.17, 15) is 4.21 Å². The highest BCUT2D eigenvalue weighted by molar-refractivity contribution is 7.84. The fourth-order valence-corrected chi connectivity index (χ4v) is 3.90. The summed E-state index contributed by atoms with van der Waals surface area (Å²) in [5.41, 5.74) is 0. The largest absolute Gasteiger partial charge is 0.298 e. The second-order valence-corrected chi connectivity index (χ2v) is 7.78. The summed E-state index contributed by atoms with van der Waals surface area (Å²) in [4.78, 5) is 5.31. The number of hydrogen-bond acceptors (Lipinski definition) is 3. The molecular formula is C14H28N2OS. The monoisotopic (exact) mass is 272 g/mol. The minimum absolute atomic E-state index is 0.655. The van der Waals surface area contributed by atoms with Gasteiger partial charge in [0.2, 0.25) is 0 Å². The average Bonchev–Trinajstić information content (AvgIpc) is 2.35. The molecule has 0 N–H and O–H groups in total. The molecule has 3 nitrogen and oxygen atoms in total.